The van der Waals surface area contributed by atoms with Crippen LogP contribution >= 0.6 is 12.6 Å². The van der Waals surface area contributed by atoms with Crippen LogP contribution in [0.4, 0.5) is 0 Å². The highest BCUT2D eigenvalue weighted by atomic mass is 32.1. The summed E-state index contributed by atoms with van der Waals surface area (Å²) in [6.07, 6.45) is 6.94. The lowest BCUT2D eigenvalue weighted by atomic mass is 10.00. The zero-order valence-electron chi connectivity index (χ0n) is 58.1. The molecular formula is C67H108N20O13S. The van der Waals surface area contributed by atoms with E-state index >= 15 is 0 Å². The first-order valence-electron chi connectivity index (χ1n) is 34.6. The molecule has 10 amide bonds. The molecule has 24 N–H and O–H groups in total. The molecule has 0 radical (unpaired) electrons. The third-order valence-corrected chi connectivity index (χ3v) is 17.7. The number of carbonyl (C=O) groups excluding carboxylic acids is 10. The average molecular weight is 1430 g/mol. The van der Waals surface area contributed by atoms with Gasteiger partial charge in [-0.2, -0.15) is 12.6 Å². The summed E-state index contributed by atoms with van der Waals surface area (Å²) >= 11 is 4.03. The summed E-state index contributed by atoms with van der Waals surface area (Å²) in [5.41, 5.74) is 29.4. The van der Waals surface area contributed by atoms with Gasteiger partial charge in [0.05, 0.1) is 24.7 Å². The van der Waals surface area contributed by atoms with Gasteiger partial charge in [0.25, 0.3) is 5.91 Å². The van der Waals surface area contributed by atoms with E-state index in [4.69, 9.17) is 44.9 Å². The Kier molecular flexibility index (Phi) is 36.9. The Bertz CT molecular complexity index is 3100. The number of aliphatic hydroxyl groups excluding tert-OH is 1. The SMILES string of the molecule is CC(C)C[C@H](NC(=O)[C@@H](Cc1ccccc1)NC(=O)C(N)CS)C(=O)N[C@@H](CCCNC(=N)N)C(=O)O.CCCCCC[C@@H]1CC(=O)N(C(=O)[C@H](Cc2ccccc2)NC(=O)CNC(=O)[C@@H]2CC(O)CN2C(=O)[C@@H]2CCCN2C(=O)[C@H](CCCNC(=N)N)NC(=O)[C@H](N)CCCNC(=N)N)C1. The van der Waals surface area contributed by atoms with Crippen LogP contribution in [0.2, 0.25) is 0 Å². The van der Waals surface area contributed by atoms with Gasteiger partial charge in [0.2, 0.25) is 53.2 Å². The van der Waals surface area contributed by atoms with Crippen LogP contribution in [-0.2, 0) is 65.6 Å². The predicted octanol–water partition coefficient (Wildman–Crippen LogP) is -2.20. The number of unbranched alkanes of at least 4 members (excludes halogenated alkanes) is 3. The third-order valence-electron chi connectivity index (χ3n) is 17.3. The van der Waals surface area contributed by atoms with Crippen LogP contribution in [-0.4, -0.2) is 220 Å². The van der Waals surface area contributed by atoms with E-state index in [0.717, 1.165) is 43.2 Å². The van der Waals surface area contributed by atoms with Crippen LogP contribution in [0, 0.1) is 28.1 Å². The molecule has 2 aromatic rings. The highest BCUT2D eigenvalue weighted by Gasteiger charge is 2.46. The van der Waals surface area contributed by atoms with Gasteiger partial charge < -0.3 is 96.5 Å². The van der Waals surface area contributed by atoms with Gasteiger partial charge in [-0.05, 0) is 87.2 Å². The van der Waals surface area contributed by atoms with Crippen LogP contribution < -0.4 is 76.5 Å². The average Bonchev–Trinajstić information content (AvgIpc) is 1.67. The summed E-state index contributed by atoms with van der Waals surface area (Å²) in [5, 5.41) is 65.8. The van der Waals surface area contributed by atoms with Gasteiger partial charge in [-0.25, -0.2) is 4.79 Å². The van der Waals surface area contributed by atoms with Gasteiger partial charge in [-0.15, -0.1) is 0 Å². The van der Waals surface area contributed by atoms with Crippen molar-refractivity contribution in [2.45, 2.75) is 197 Å². The maximum atomic E-state index is 14.2. The normalized spacial score (nSPS) is 18.4. The number of nitrogens with one attached hydrogen (secondary N) is 12. The van der Waals surface area contributed by atoms with Crippen molar-refractivity contribution in [2.24, 2.45) is 40.5 Å². The minimum Gasteiger partial charge on any atom is -0.480 e. The molecule has 0 saturated carbocycles. The summed E-state index contributed by atoms with van der Waals surface area (Å²) in [4.78, 5) is 150. The van der Waals surface area contributed by atoms with Gasteiger partial charge in [0.15, 0.2) is 17.9 Å². The fourth-order valence-electron chi connectivity index (χ4n) is 12.0. The van der Waals surface area contributed by atoms with Gasteiger partial charge >= 0.3 is 5.97 Å². The zero-order valence-corrected chi connectivity index (χ0v) is 59.0. The molecule has 2 aromatic carbocycles. The molecule has 0 spiro atoms. The summed E-state index contributed by atoms with van der Waals surface area (Å²) in [6, 6.07) is 8.62. The lowest BCUT2D eigenvalue weighted by molar-refractivity contribution is -0.148. The smallest absolute Gasteiger partial charge is 0.326 e. The first kappa shape index (κ1) is 84.3. The molecular weight excluding hydrogens is 1320 g/mol. The maximum absolute atomic E-state index is 14.2. The number of carboxylic acid groups (broad SMARTS) is 1. The van der Waals surface area contributed by atoms with E-state index in [9.17, 15) is 63.0 Å². The number of hydrogen-bond acceptors (Lipinski definition) is 18. The van der Waals surface area contributed by atoms with Crippen LogP contribution in [0.5, 0.6) is 0 Å². The van der Waals surface area contributed by atoms with Crippen molar-refractivity contribution < 1.29 is 63.0 Å². The molecule has 33 nitrogen and oxygen atoms in total. The van der Waals surface area contributed by atoms with Crippen LogP contribution in [0.1, 0.15) is 135 Å². The fraction of sp³-hybridized carbons (Fsp3) is 0.612. The fourth-order valence-corrected chi connectivity index (χ4v) is 12.2. The Labute approximate surface area is 595 Å². The van der Waals surface area contributed by atoms with E-state index in [2.05, 4.69) is 67.4 Å². The van der Waals surface area contributed by atoms with Crippen molar-refractivity contribution in [1.82, 2.24) is 62.6 Å². The second-order valence-corrected chi connectivity index (χ2v) is 26.5. The van der Waals surface area contributed by atoms with Crippen molar-refractivity contribution in [3.05, 3.63) is 71.8 Å². The lowest BCUT2D eigenvalue weighted by Gasteiger charge is -2.33. The number of aliphatic carboxylic acids is 1. The second kappa shape index (κ2) is 44.2. The summed E-state index contributed by atoms with van der Waals surface area (Å²) in [6.45, 7) is 6.42. The van der Waals surface area contributed by atoms with Crippen LogP contribution in [0.25, 0.3) is 0 Å². The highest BCUT2D eigenvalue weighted by molar-refractivity contribution is 7.80. The molecule has 0 aliphatic carbocycles. The number of rotatable bonds is 40. The van der Waals surface area contributed by atoms with E-state index in [0.29, 0.717) is 32.2 Å². The van der Waals surface area contributed by atoms with Gasteiger partial charge in [-0.3, -0.25) is 69.1 Å². The van der Waals surface area contributed by atoms with E-state index < -0.39 is 126 Å². The number of nitrogens with zero attached hydrogens (tertiary/aromatic N) is 3. The summed E-state index contributed by atoms with van der Waals surface area (Å²) < 4.78 is 0. The Hall–Kier alpha value is -9.15. The van der Waals surface area contributed by atoms with E-state index in [1.807, 2.05) is 50.2 Å². The van der Waals surface area contributed by atoms with Crippen LogP contribution in [0.15, 0.2) is 60.7 Å². The number of carboxylic acids is 1. The molecule has 3 saturated heterocycles. The second-order valence-electron chi connectivity index (χ2n) is 26.1. The quantitative estimate of drug-likeness (QED) is 0.0146. The molecule has 560 valence electrons. The van der Waals surface area contributed by atoms with Crippen molar-refractivity contribution in [3.8, 4) is 0 Å². The number of nitrogens with two attached hydrogens (primary N) is 5. The third kappa shape index (κ3) is 29.9. The number of benzene rings is 2. The first-order valence-corrected chi connectivity index (χ1v) is 35.2. The Balaban J connectivity index is 0.000000497. The summed E-state index contributed by atoms with van der Waals surface area (Å²) in [7, 11) is 0. The van der Waals surface area contributed by atoms with Gasteiger partial charge in [0, 0.05) is 70.7 Å². The molecule has 11 atom stereocenters. The molecule has 2 unspecified atom stereocenters. The molecule has 101 heavy (non-hydrogen) atoms. The Morgan fingerprint density at radius 3 is 1.68 bits per heavy atom. The topological polar surface area (TPSA) is 548 Å². The molecule has 5 rings (SSSR count). The zero-order chi connectivity index (χ0) is 74.7. The predicted molar refractivity (Wildman–Crippen MR) is 382 cm³/mol. The highest BCUT2D eigenvalue weighted by Crippen LogP contribution is 2.28. The number of β-amino-alcohol motifs (C(OH)–C–C–N with tert-alkyl or cyclic N) is 1. The molecule has 3 fully saturated rings. The standard InChI is InChI=1S/C43H69N13O8.C24H39N7O5S/c1-2-3-4-6-14-28-22-36(59)56(25-28)40(63)32(21-27-12-7-5-8-13-27)52-35(58)24-51-38(61)34-23-29(57)26-55(34)41(64)33-17-11-20-54(33)39(62)31(16-10-19-50-43(47)48)53-37(60)30(44)15-9-18-49-42(45)46;1-14(2)11-18(21(33)29-17(23(35)36)9-6-10-28-24(26)27)31-22(34)19(30-20(32)16(25)13-37)12-15-7-4-3-5-8-15/h5,7-8,12-13,28-34,57H,2-4,6,9-11,14-26,44H2,1H3,(H,51,61)(H,52,58)(H,53,60)(H4,45,46,49)(H4,47,48,50);3-5,7-8,14,16-19,37H,6,9-13,25H2,1-2H3,(H,29,33)(H,30,32)(H,31,34)(H,35,36)(H4,26,27,28)/t28-,29?,30-,31+,32+,33+,34+;16?,17-,18-,19+/m10/s1. The number of amides is 10. The minimum absolute atomic E-state index is 0.00105. The number of thiol groups is 1. The van der Waals surface area contributed by atoms with E-state index in [1.165, 1.54) is 14.7 Å². The van der Waals surface area contributed by atoms with Gasteiger partial charge in [0.1, 0.15) is 42.3 Å². The number of hydrogen-bond donors (Lipinski definition) is 20. The maximum Gasteiger partial charge on any atom is 0.326 e. The summed E-state index contributed by atoms with van der Waals surface area (Å²) in [5.74, 6) is -7.49. The number of aliphatic hydroxyl groups is 1. The molecule has 34 heteroatoms. The number of imide groups is 1. The monoisotopic (exact) mass is 1430 g/mol. The molecule has 3 aliphatic rings. The number of likely N-dealkylation sites (tertiary alicyclic amines) is 3. The van der Waals surface area contributed by atoms with E-state index in [1.54, 1.807) is 24.3 Å². The number of guanidine groups is 3. The Morgan fingerprint density at radius 2 is 1.13 bits per heavy atom. The Morgan fingerprint density at radius 1 is 0.604 bits per heavy atom. The minimum atomic E-state index is -1.22. The van der Waals surface area contributed by atoms with Crippen LogP contribution in [0.3, 0.4) is 0 Å². The number of carbonyl (C=O) groups is 11. The van der Waals surface area contributed by atoms with Crippen molar-refractivity contribution >= 4 is 95.5 Å². The van der Waals surface area contributed by atoms with Crippen molar-refractivity contribution in [3.63, 3.8) is 0 Å². The van der Waals surface area contributed by atoms with Crippen molar-refractivity contribution in [2.75, 3.05) is 51.6 Å². The van der Waals surface area contributed by atoms with E-state index in [-0.39, 0.29) is 132 Å². The largest absolute Gasteiger partial charge is 0.480 e. The molecule has 3 heterocycles. The molecule has 0 aromatic heterocycles. The van der Waals surface area contributed by atoms with Gasteiger partial charge in [-0.1, -0.05) is 107 Å². The molecule has 0 bridgehead atoms. The first-order chi connectivity index (χ1) is 48.0. The molecule has 3 aliphatic heterocycles. The lowest BCUT2D eigenvalue weighted by Crippen LogP contribution is -2.58. The van der Waals surface area contributed by atoms with Crippen molar-refractivity contribution in [1.29, 1.82) is 16.2 Å².